The standard InChI is InChI=1S/C15H24ClN3/c1-18(2)11-12-6-8-19(9-7-12)15-13(10-17)4-3-5-14(15)16/h3-5,12H,6-11,17H2,1-2H3. The van der Waals surface area contributed by atoms with Crippen LogP contribution in [0, 0.1) is 5.92 Å². The van der Waals surface area contributed by atoms with Gasteiger partial charge in [0.05, 0.1) is 10.7 Å². The van der Waals surface area contributed by atoms with E-state index in [2.05, 4.69) is 30.0 Å². The highest BCUT2D eigenvalue weighted by Crippen LogP contribution is 2.32. The van der Waals surface area contributed by atoms with Crippen LogP contribution in [-0.4, -0.2) is 38.6 Å². The Bertz CT molecular complexity index is 412. The monoisotopic (exact) mass is 281 g/mol. The molecule has 1 fully saturated rings. The van der Waals surface area contributed by atoms with Gasteiger partial charge >= 0.3 is 0 Å². The van der Waals surface area contributed by atoms with E-state index in [1.165, 1.54) is 19.4 Å². The first-order valence-electron chi connectivity index (χ1n) is 6.99. The second-order valence-electron chi connectivity index (χ2n) is 5.64. The molecule has 0 amide bonds. The SMILES string of the molecule is CN(C)CC1CCN(c2c(Cl)cccc2CN)CC1. The summed E-state index contributed by atoms with van der Waals surface area (Å²) < 4.78 is 0. The number of para-hydroxylation sites is 1. The maximum atomic E-state index is 6.36. The lowest BCUT2D eigenvalue weighted by Gasteiger charge is -2.36. The van der Waals surface area contributed by atoms with Crippen LogP contribution in [0.1, 0.15) is 18.4 Å². The Labute approximate surface area is 121 Å². The number of anilines is 1. The highest BCUT2D eigenvalue weighted by molar-refractivity contribution is 6.33. The van der Waals surface area contributed by atoms with Crippen LogP contribution < -0.4 is 10.6 Å². The highest BCUT2D eigenvalue weighted by Gasteiger charge is 2.22. The van der Waals surface area contributed by atoms with Crippen molar-refractivity contribution in [3.05, 3.63) is 28.8 Å². The second-order valence-corrected chi connectivity index (χ2v) is 6.05. The van der Waals surface area contributed by atoms with Crippen LogP contribution in [-0.2, 0) is 6.54 Å². The molecule has 0 saturated carbocycles. The summed E-state index contributed by atoms with van der Waals surface area (Å²) in [7, 11) is 4.29. The van der Waals surface area contributed by atoms with Crippen molar-refractivity contribution in [3.8, 4) is 0 Å². The topological polar surface area (TPSA) is 32.5 Å². The van der Waals surface area contributed by atoms with Gasteiger partial charge in [-0.1, -0.05) is 23.7 Å². The number of halogens is 1. The van der Waals surface area contributed by atoms with E-state index in [0.29, 0.717) is 6.54 Å². The highest BCUT2D eigenvalue weighted by atomic mass is 35.5. The molecule has 0 bridgehead atoms. The molecule has 1 saturated heterocycles. The summed E-state index contributed by atoms with van der Waals surface area (Å²) >= 11 is 6.36. The van der Waals surface area contributed by atoms with Crippen molar-refractivity contribution in [3.63, 3.8) is 0 Å². The number of rotatable bonds is 4. The fourth-order valence-corrected chi connectivity index (χ4v) is 3.25. The van der Waals surface area contributed by atoms with Crippen molar-refractivity contribution in [1.82, 2.24) is 4.90 Å². The normalized spacial score (nSPS) is 17.2. The lowest BCUT2D eigenvalue weighted by Crippen LogP contribution is -2.37. The van der Waals surface area contributed by atoms with Crippen LogP contribution in [0.15, 0.2) is 18.2 Å². The second kappa shape index (κ2) is 6.60. The van der Waals surface area contributed by atoms with Gasteiger partial charge in [0.2, 0.25) is 0 Å². The zero-order chi connectivity index (χ0) is 13.8. The lowest BCUT2D eigenvalue weighted by atomic mass is 9.95. The van der Waals surface area contributed by atoms with Gasteiger partial charge in [-0.05, 0) is 44.5 Å². The predicted octanol–water partition coefficient (Wildman–Crippen LogP) is 2.58. The summed E-state index contributed by atoms with van der Waals surface area (Å²) in [6.45, 7) is 3.89. The van der Waals surface area contributed by atoms with Gasteiger partial charge in [0.25, 0.3) is 0 Å². The first-order valence-corrected chi connectivity index (χ1v) is 7.36. The molecule has 0 aromatic heterocycles. The third-order valence-electron chi connectivity index (χ3n) is 3.84. The van der Waals surface area contributed by atoms with E-state index < -0.39 is 0 Å². The van der Waals surface area contributed by atoms with Gasteiger partial charge in [0.1, 0.15) is 0 Å². The van der Waals surface area contributed by atoms with Gasteiger partial charge in [-0.3, -0.25) is 0 Å². The minimum Gasteiger partial charge on any atom is -0.370 e. The summed E-state index contributed by atoms with van der Waals surface area (Å²) in [4.78, 5) is 4.68. The molecule has 106 valence electrons. The maximum absolute atomic E-state index is 6.36. The zero-order valence-electron chi connectivity index (χ0n) is 11.9. The molecule has 4 heteroatoms. The molecule has 1 aliphatic rings. The summed E-state index contributed by atoms with van der Waals surface area (Å²) in [5, 5.41) is 0.828. The zero-order valence-corrected chi connectivity index (χ0v) is 12.7. The average molecular weight is 282 g/mol. The fourth-order valence-electron chi connectivity index (χ4n) is 2.93. The molecule has 2 rings (SSSR count). The van der Waals surface area contributed by atoms with E-state index in [0.717, 1.165) is 35.3 Å². The minimum absolute atomic E-state index is 0.549. The molecule has 0 aliphatic carbocycles. The molecule has 3 nitrogen and oxygen atoms in total. The third-order valence-corrected chi connectivity index (χ3v) is 4.15. The number of nitrogens with zero attached hydrogens (tertiary/aromatic N) is 2. The first-order chi connectivity index (χ1) is 9.11. The van der Waals surface area contributed by atoms with Crippen LogP contribution in [0.5, 0.6) is 0 Å². The van der Waals surface area contributed by atoms with Crippen LogP contribution in [0.4, 0.5) is 5.69 Å². The Kier molecular flexibility index (Phi) is 5.08. The van der Waals surface area contributed by atoms with Crippen molar-refractivity contribution in [2.75, 3.05) is 38.6 Å². The average Bonchev–Trinajstić information content (AvgIpc) is 2.39. The van der Waals surface area contributed by atoms with E-state index in [1.54, 1.807) is 0 Å². The molecule has 19 heavy (non-hydrogen) atoms. The van der Waals surface area contributed by atoms with Gasteiger partial charge in [-0.25, -0.2) is 0 Å². The summed E-state index contributed by atoms with van der Waals surface area (Å²) in [5.74, 6) is 0.801. The van der Waals surface area contributed by atoms with Crippen LogP contribution in [0.2, 0.25) is 5.02 Å². The van der Waals surface area contributed by atoms with Gasteiger partial charge < -0.3 is 15.5 Å². The molecular weight excluding hydrogens is 258 g/mol. The van der Waals surface area contributed by atoms with E-state index in [1.807, 2.05) is 12.1 Å². The number of hydrogen-bond acceptors (Lipinski definition) is 3. The summed E-state index contributed by atoms with van der Waals surface area (Å²) in [6.07, 6.45) is 2.46. The van der Waals surface area contributed by atoms with Crippen LogP contribution in [0.25, 0.3) is 0 Å². The van der Waals surface area contributed by atoms with E-state index >= 15 is 0 Å². The van der Waals surface area contributed by atoms with Crippen molar-refractivity contribution in [2.24, 2.45) is 11.7 Å². The fraction of sp³-hybridized carbons (Fsp3) is 0.600. The van der Waals surface area contributed by atoms with Crippen LogP contribution in [0.3, 0.4) is 0 Å². The Morgan fingerprint density at radius 2 is 2.00 bits per heavy atom. The molecular formula is C15H24ClN3. The molecule has 1 aromatic rings. The smallest absolute Gasteiger partial charge is 0.0642 e. The predicted molar refractivity (Wildman–Crippen MR) is 82.8 cm³/mol. The molecule has 0 radical (unpaired) electrons. The first kappa shape index (κ1) is 14.6. The molecule has 1 heterocycles. The van der Waals surface area contributed by atoms with Gasteiger partial charge in [-0.2, -0.15) is 0 Å². The van der Waals surface area contributed by atoms with Crippen molar-refractivity contribution < 1.29 is 0 Å². The quantitative estimate of drug-likeness (QED) is 0.921. The molecule has 0 spiro atoms. The molecule has 1 aliphatic heterocycles. The van der Waals surface area contributed by atoms with Gasteiger partial charge in [-0.15, -0.1) is 0 Å². The van der Waals surface area contributed by atoms with Crippen molar-refractivity contribution in [2.45, 2.75) is 19.4 Å². The van der Waals surface area contributed by atoms with E-state index in [9.17, 15) is 0 Å². The Hall–Kier alpha value is -0.770. The Balaban J connectivity index is 2.05. The number of benzene rings is 1. The van der Waals surface area contributed by atoms with Gasteiger partial charge in [0.15, 0.2) is 0 Å². The molecule has 2 N–H and O–H groups in total. The maximum Gasteiger partial charge on any atom is 0.0642 e. The Morgan fingerprint density at radius 1 is 1.32 bits per heavy atom. The number of nitrogens with two attached hydrogens (primary N) is 1. The summed E-state index contributed by atoms with van der Waals surface area (Å²) in [6, 6.07) is 6.02. The third kappa shape index (κ3) is 3.62. The number of piperidine rings is 1. The summed E-state index contributed by atoms with van der Waals surface area (Å²) in [5.41, 5.74) is 8.13. The molecule has 1 aromatic carbocycles. The van der Waals surface area contributed by atoms with Crippen molar-refractivity contribution >= 4 is 17.3 Å². The largest absolute Gasteiger partial charge is 0.370 e. The number of hydrogen-bond donors (Lipinski definition) is 1. The molecule has 0 atom stereocenters. The Morgan fingerprint density at radius 3 is 2.58 bits per heavy atom. The lowest BCUT2D eigenvalue weighted by molar-refractivity contribution is 0.285. The minimum atomic E-state index is 0.549. The van der Waals surface area contributed by atoms with E-state index in [-0.39, 0.29) is 0 Å². The van der Waals surface area contributed by atoms with Crippen molar-refractivity contribution in [1.29, 1.82) is 0 Å². The molecule has 0 unspecified atom stereocenters. The van der Waals surface area contributed by atoms with Gasteiger partial charge in [0, 0.05) is 26.2 Å². The van der Waals surface area contributed by atoms with E-state index in [4.69, 9.17) is 17.3 Å². The van der Waals surface area contributed by atoms with Crippen LogP contribution >= 0.6 is 11.6 Å².